The lowest BCUT2D eigenvalue weighted by Gasteiger charge is -2.32. The maximum absolute atomic E-state index is 12.5. The van der Waals surface area contributed by atoms with E-state index in [1.165, 1.54) is 12.5 Å². The number of fused-ring (bicyclic) bond motifs is 1. The number of nitrogens with zero attached hydrogens (tertiary/aromatic N) is 2. The Morgan fingerprint density at radius 3 is 2.73 bits per heavy atom. The first-order chi connectivity index (χ1) is 10.4. The maximum Gasteiger partial charge on any atom is 0.433 e. The summed E-state index contributed by atoms with van der Waals surface area (Å²) in [5.41, 5.74) is -0.814. The van der Waals surface area contributed by atoms with E-state index in [1.54, 1.807) is 0 Å². The molecular formula is C15H18F3N3O. The van der Waals surface area contributed by atoms with E-state index in [9.17, 15) is 18.0 Å². The highest BCUT2D eigenvalue weighted by atomic mass is 19.4. The molecule has 2 atom stereocenters. The van der Waals surface area contributed by atoms with Crippen molar-refractivity contribution in [3.05, 3.63) is 29.6 Å². The fraction of sp³-hybridized carbons (Fsp3) is 0.600. The third-order valence-corrected chi connectivity index (χ3v) is 4.49. The lowest BCUT2D eigenvalue weighted by Crippen LogP contribution is -2.46. The quantitative estimate of drug-likeness (QED) is 0.912. The van der Waals surface area contributed by atoms with Crippen molar-refractivity contribution in [2.75, 3.05) is 13.1 Å². The molecule has 0 saturated carbocycles. The summed E-state index contributed by atoms with van der Waals surface area (Å²) >= 11 is 0. The highest BCUT2D eigenvalue weighted by Crippen LogP contribution is 2.28. The molecule has 0 aliphatic carbocycles. The number of hydrogen-bond acceptors (Lipinski definition) is 3. The molecule has 1 N–H and O–H groups in total. The SMILES string of the molecule is O=C(N[C@H]1CCN2CCCC[C@@H]12)c1ccc(C(F)(F)F)nc1. The standard InChI is InChI=1S/C15H18F3N3O/c16-15(17,18)13-5-4-10(9-19-13)14(22)20-11-6-8-21-7-2-1-3-12(11)21/h4-5,9,11-12H,1-3,6-8H2,(H,20,22)/t11-,12-/m0/s1. The zero-order valence-corrected chi connectivity index (χ0v) is 12.1. The first-order valence-electron chi connectivity index (χ1n) is 7.53. The summed E-state index contributed by atoms with van der Waals surface area (Å²) in [5, 5.41) is 2.95. The van der Waals surface area contributed by atoms with Gasteiger partial charge in [-0.2, -0.15) is 13.2 Å². The number of piperidine rings is 1. The normalized spacial score (nSPS) is 25.8. The Morgan fingerprint density at radius 2 is 2.05 bits per heavy atom. The van der Waals surface area contributed by atoms with Crippen LogP contribution in [-0.4, -0.2) is 41.0 Å². The smallest absolute Gasteiger partial charge is 0.348 e. The monoisotopic (exact) mass is 313 g/mol. The van der Waals surface area contributed by atoms with Gasteiger partial charge in [-0.05, 0) is 37.9 Å². The number of carbonyl (C=O) groups excluding carboxylic acids is 1. The molecule has 2 aliphatic rings. The molecule has 0 aromatic carbocycles. The van der Waals surface area contributed by atoms with Gasteiger partial charge in [-0.1, -0.05) is 6.42 Å². The second kappa shape index (κ2) is 5.87. The Morgan fingerprint density at radius 1 is 1.23 bits per heavy atom. The highest BCUT2D eigenvalue weighted by Gasteiger charge is 2.36. The van der Waals surface area contributed by atoms with Crippen LogP contribution < -0.4 is 5.32 Å². The van der Waals surface area contributed by atoms with Crippen LogP contribution in [0.3, 0.4) is 0 Å². The van der Waals surface area contributed by atoms with Crippen molar-refractivity contribution in [1.82, 2.24) is 15.2 Å². The van der Waals surface area contributed by atoms with E-state index >= 15 is 0 Å². The Balaban J connectivity index is 1.64. The summed E-state index contributed by atoms with van der Waals surface area (Å²) in [6, 6.07) is 2.46. The van der Waals surface area contributed by atoms with Crippen LogP contribution in [0.2, 0.25) is 0 Å². The van der Waals surface area contributed by atoms with Crippen molar-refractivity contribution in [1.29, 1.82) is 0 Å². The number of hydrogen-bond donors (Lipinski definition) is 1. The van der Waals surface area contributed by atoms with E-state index in [2.05, 4.69) is 15.2 Å². The van der Waals surface area contributed by atoms with E-state index in [1.807, 2.05) is 0 Å². The van der Waals surface area contributed by atoms with E-state index in [0.29, 0.717) is 6.04 Å². The Labute approximate surface area is 126 Å². The van der Waals surface area contributed by atoms with Crippen molar-refractivity contribution in [2.24, 2.45) is 0 Å². The minimum Gasteiger partial charge on any atom is -0.348 e. The Bertz CT molecular complexity index is 544. The lowest BCUT2D eigenvalue weighted by atomic mass is 9.99. The van der Waals surface area contributed by atoms with E-state index in [-0.39, 0.29) is 17.5 Å². The third kappa shape index (κ3) is 3.09. The van der Waals surface area contributed by atoms with Crippen LogP contribution in [0.1, 0.15) is 41.7 Å². The Kier molecular flexibility index (Phi) is 4.08. The molecule has 0 unspecified atom stereocenters. The molecular weight excluding hydrogens is 295 g/mol. The van der Waals surface area contributed by atoms with Crippen molar-refractivity contribution < 1.29 is 18.0 Å². The van der Waals surface area contributed by atoms with Gasteiger partial charge in [-0.25, -0.2) is 0 Å². The predicted octanol–water partition coefficient (Wildman–Crippen LogP) is 2.46. The predicted molar refractivity (Wildman–Crippen MR) is 74.3 cm³/mol. The van der Waals surface area contributed by atoms with E-state index < -0.39 is 11.9 Å². The summed E-state index contributed by atoms with van der Waals surface area (Å²) in [5.74, 6) is -0.348. The van der Waals surface area contributed by atoms with Crippen LogP contribution >= 0.6 is 0 Å². The molecule has 1 aromatic heterocycles. The first-order valence-corrected chi connectivity index (χ1v) is 7.53. The fourth-order valence-corrected chi connectivity index (χ4v) is 3.36. The maximum atomic E-state index is 12.5. The summed E-state index contributed by atoms with van der Waals surface area (Å²) in [4.78, 5) is 17.9. The van der Waals surface area contributed by atoms with Crippen molar-refractivity contribution in [2.45, 2.75) is 43.9 Å². The molecule has 1 aromatic rings. The number of halogens is 3. The minimum atomic E-state index is -4.48. The summed E-state index contributed by atoms with van der Waals surface area (Å²) in [6.45, 7) is 2.04. The molecule has 4 nitrogen and oxygen atoms in total. The number of alkyl halides is 3. The van der Waals surface area contributed by atoms with Crippen LogP contribution in [0.5, 0.6) is 0 Å². The first kappa shape index (κ1) is 15.3. The van der Waals surface area contributed by atoms with Gasteiger partial charge in [-0.3, -0.25) is 14.7 Å². The van der Waals surface area contributed by atoms with Gasteiger partial charge in [0.05, 0.1) is 5.56 Å². The van der Waals surface area contributed by atoms with Gasteiger partial charge in [-0.15, -0.1) is 0 Å². The topological polar surface area (TPSA) is 45.2 Å². The second-order valence-electron chi connectivity index (χ2n) is 5.90. The van der Waals surface area contributed by atoms with Crippen molar-refractivity contribution >= 4 is 5.91 Å². The zero-order valence-electron chi connectivity index (χ0n) is 12.1. The third-order valence-electron chi connectivity index (χ3n) is 4.49. The second-order valence-corrected chi connectivity index (χ2v) is 5.90. The van der Waals surface area contributed by atoms with Crippen LogP contribution in [-0.2, 0) is 6.18 Å². The number of aromatic nitrogens is 1. The molecule has 0 bridgehead atoms. The molecule has 3 heterocycles. The summed E-state index contributed by atoms with van der Waals surface area (Å²) in [7, 11) is 0. The van der Waals surface area contributed by atoms with Crippen molar-refractivity contribution in [3.63, 3.8) is 0 Å². The van der Waals surface area contributed by atoms with Crippen LogP contribution in [0.25, 0.3) is 0 Å². The molecule has 22 heavy (non-hydrogen) atoms. The zero-order chi connectivity index (χ0) is 15.7. The Hall–Kier alpha value is -1.63. The molecule has 0 spiro atoms. The fourth-order valence-electron chi connectivity index (χ4n) is 3.36. The average molecular weight is 313 g/mol. The summed E-state index contributed by atoms with van der Waals surface area (Å²) in [6.07, 6.45) is 0.824. The largest absolute Gasteiger partial charge is 0.433 e. The molecule has 2 aliphatic heterocycles. The molecule has 2 saturated heterocycles. The molecule has 3 rings (SSSR count). The van der Waals surface area contributed by atoms with Gasteiger partial charge >= 0.3 is 6.18 Å². The van der Waals surface area contributed by atoms with E-state index in [4.69, 9.17) is 0 Å². The molecule has 7 heteroatoms. The van der Waals surface area contributed by atoms with Crippen LogP contribution in [0.4, 0.5) is 13.2 Å². The number of carbonyl (C=O) groups is 1. The highest BCUT2D eigenvalue weighted by molar-refractivity contribution is 5.94. The molecule has 1 amide bonds. The van der Waals surface area contributed by atoms with Gasteiger partial charge in [0.25, 0.3) is 5.91 Å². The van der Waals surface area contributed by atoms with Crippen molar-refractivity contribution in [3.8, 4) is 0 Å². The van der Waals surface area contributed by atoms with Gasteiger partial charge in [0, 0.05) is 24.8 Å². The average Bonchev–Trinajstić information content (AvgIpc) is 2.90. The van der Waals surface area contributed by atoms with E-state index in [0.717, 1.165) is 44.6 Å². The number of rotatable bonds is 2. The molecule has 0 radical (unpaired) electrons. The lowest BCUT2D eigenvalue weighted by molar-refractivity contribution is -0.141. The molecule has 2 fully saturated rings. The minimum absolute atomic E-state index is 0.0788. The van der Waals surface area contributed by atoms with Gasteiger partial charge in [0.1, 0.15) is 5.69 Å². The summed E-state index contributed by atoms with van der Waals surface area (Å²) < 4.78 is 37.4. The van der Waals surface area contributed by atoms with Gasteiger partial charge in [0.15, 0.2) is 0 Å². The van der Waals surface area contributed by atoms with Crippen LogP contribution in [0, 0.1) is 0 Å². The number of pyridine rings is 1. The van der Waals surface area contributed by atoms with Gasteiger partial charge < -0.3 is 5.32 Å². The van der Waals surface area contributed by atoms with Gasteiger partial charge in [0.2, 0.25) is 0 Å². The number of nitrogens with one attached hydrogen (secondary N) is 1. The number of amides is 1. The van der Waals surface area contributed by atoms with Crippen LogP contribution in [0.15, 0.2) is 18.3 Å². The molecule has 120 valence electrons.